The third-order valence-electron chi connectivity index (χ3n) is 3.90. The highest BCUT2D eigenvalue weighted by Crippen LogP contribution is 2.21. The Kier molecular flexibility index (Phi) is 5.93. The number of anilines is 2. The summed E-state index contributed by atoms with van der Waals surface area (Å²) in [6.45, 7) is 6.58. The predicted molar refractivity (Wildman–Crippen MR) is 95.3 cm³/mol. The Morgan fingerprint density at radius 3 is 2.09 bits per heavy atom. The smallest absolute Gasteiger partial charge is 0.326 e. The average molecular weight is 322 g/mol. The molecule has 0 aromatic carbocycles. The van der Waals surface area contributed by atoms with E-state index in [1.54, 1.807) is 23.9 Å². The molecule has 0 aliphatic carbocycles. The van der Waals surface area contributed by atoms with Crippen molar-refractivity contribution in [2.45, 2.75) is 26.3 Å². The molecular weight excluding hydrogens is 292 g/mol. The molecule has 0 unspecified atom stereocenters. The minimum absolute atomic E-state index is 0.129. The van der Waals surface area contributed by atoms with Crippen LogP contribution in [-0.2, 0) is 0 Å². The lowest BCUT2D eigenvalue weighted by Gasteiger charge is -2.37. The van der Waals surface area contributed by atoms with E-state index in [1.807, 2.05) is 46.1 Å². The standard InChI is InChI=1S/C16H30N6O/c1-12-10-13(19(4)5)18-14(17-12)22(15(23)20(6)7)11-16(2,3)21(8)9/h10H,11H2,1-9H3. The fourth-order valence-corrected chi connectivity index (χ4v) is 1.88. The van der Waals surface area contributed by atoms with Gasteiger partial charge in [0, 0.05) is 52.0 Å². The number of aromatic nitrogens is 2. The fraction of sp³-hybridized carbons (Fsp3) is 0.688. The molecule has 0 aliphatic heterocycles. The zero-order valence-electron chi connectivity index (χ0n) is 15.9. The molecule has 0 fully saturated rings. The molecule has 1 rings (SSSR count). The molecule has 1 aromatic heterocycles. The zero-order chi connectivity index (χ0) is 17.9. The second-order valence-corrected chi connectivity index (χ2v) is 7.03. The Labute approximate surface area is 139 Å². The van der Waals surface area contributed by atoms with E-state index in [1.165, 1.54) is 0 Å². The van der Waals surface area contributed by atoms with Crippen LogP contribution in [0.15, 0.2) is 6.07 Å². The average Bonchev–Trinajstić information content (AvgIpc) is 2.42. The van der Waals surface area contributed by atoms with E-state index in [0.717, 1.165) is 11.5 Å². The second-order valence-electron chi connectivity index (χ2n) is 7.03. The molecule has 0 aliphatic rings. The van der Waals surface area contributed by atoms with E-state index < -0.39 is 0 Å². The molecule has 0 atom stereocenters. The molecule has 0 radical (unpaired) electrons. The Morgan fingerprint density at radius 2 is 1.65 bits per heavy atom. The molecule has 2 amide bonds. The number of rotatable bonds is 5. The number of urea groups is 1. The molecular formula is C16H30N6O. The van der Waals surface area contributed by atoms with Crippen molar-refractivity contribution in [1.29, 1.82) is 0 Å². The van der Waals surface area contributed by atoms with Crippen molar-refractivity contribution >= 4 is 17.8 Å². The second kappa shape index (κ2) is 7.12. The van der Waals surface area contributed by atoms with Gasteiger partial charge in [-0.3, -0.25) is 4.90 Å². The SMILES string of the molecule is Cc1cc(N(C)C)nc(N(CC(C)(C)N(C)C)C(=O)N(C)C)n1. The lowest BCUT2D eigenvalue weighted by atomic mass is 10.0. The molecule has 0 saturated carbocycles. The van der Waals surface area contributed by atoms with E-state index in [-0.39, 0.29) is 11.6 Å². The molecule has 0 saturated heterocycles. The largest absolute Gasteiger partial charge is 0.363 e. The van der Waals surface area contributed by atoms with Crippen LogP contribution in [0.4, 0.5) is 16.6 Å². The maximum absolute atomic E-state index is 12.7. The Hall–Kier alpha value is -1.89. The van der Waals surface area contributed by atoms with Crippen molar-refractivity contribution in [3.63, 3.8) is 0 Å². The van der Waals surface area contributed by atoms with Crippen molar-refractivity contribution in [2.75, 3.05) is 58.6 Å². The van der Waals surface area contributed by atoms with Crippen LogP contribution in [0.25, 0.3) is 0 Å². The third kappa shape index (κ3) is 4.79. The predicted octanol–water partition coefficient (Wildman–Crippen LogP) is 1.68. The first-order valence-electron chi connectivity index (χ1n) is 7.65. The van der Waals surface area contributed by atoms with Gasteiger partial charge in [-0.15, -0.1) is 0 Å². The van der Waals surface area contributed by atoms with Crippen LogP contribution >= 0.6 is 0 Å². The Bertz CT molecular complexity index is 554. The summed E-state index contributed by atoms with van der Waals surface area (Å²) in [6.07, 6.45) is 0. The van der Waals surface area contributed by atoms with E-state index >= 15 is 0 Å². The number of hydrogen-bond donors (Lipinski definition) is 0. The highest BCUT2D eigenvalue weighted by atomic mass is 16.2. The minimum Gasteiger partial charge on any atom is -0.363 e. The van der Waals surface area contributed by atoms with Crippen molar-refractivity contribution in [3.8, 4) is 0 Å². The Balaban J connectivity index is 3.33. The lowest BCUT2D eigenvalue weighted by molar-refractivity contribution is 0.189. The lowest BCUT2D eigenvalue weighted by Crippen LogP contribution is -2.53. The number of likely N-dealkylation sites (N-methyl/N-ethyl adjacent to an activating group) is 1. The molecule has 0 N–H and O–H groups in total. The summed E-state index contributed by atoms with van der Waals surface area (Å²) in [7, 11) is 11.3. The summed E-state index contributed by atoms with van der Waals surface area (Å²) < 4.78 is 0. The van der Waals surface area contributed by atoms with Gasteiger partial charge in [0.2, 0.25) is 5.95 Å². The molecule has 1 heterocycles. The number of hydrogen-bond acceptors (Lipinski definition) is 5. The Morgan fingerprint density at radius 1 is 1.09 bits per heavy atom. The van der Waals surface area contributed by atoms with Crippen LogP contribution in [0.3, 0.4) is 0 Å². The summed E-state index contributed by atoms with van der Waals surface area (Å²) in [6, 6.07) is 1.77. The minimum atomic E-state index is -0.211. The summed E-state index contributed by atoms with van der Waals surface area (Å²) in [4.78, 5) is 28.9. The first-order valence-corrected chi connectivity index (χ1v) is 7.65. The number of carbonyl (C=O) groups excluding carboxylic acids is 1. The van der Waals surface area contributed by atoms with Crippen molar-refractivity contribution < 1.29 is 4.79 Å². The quantitative estimate of drug-likeness (QED) is 0.825. The van der Waals surface area contributed by atoms with Crippen molar-refractivity contribution in [3.05, 3.63) is 11.8 Å². The van der Waals surface area contributed by atoms with Crippen molar-refractivity contribution in [1.82, 2.24) is 19.8 Å². The van der Waals surface area contributed by atoms with Gasteiger partial charge in [0.25, 0.3) is 0 Å². The van der Waals surface area contributed by atoms with Gasteiger partial charge >= 0.3 is 6.03 Å². The van der Waals surface area contributed by atoms with Crippen molar-refractivity contribution in [2.24, 2.45) is 0 Å². The van der Waals surface area contributed by atoms with E-state index in [9.17, 15) is 4.79 Å². The van der Waals surface area contributed by atoms with Crippen LogP contribution in [-0.4, -0.2) is 80.2 Å². The molecule has 23 heavy (non-hydrogen) atoms. The maximum atomic E-state index is 12.7. The summed E-state index contributed by atoms with van der Waals surface area (Å²) in [5.41, 5.74) is 0.620. The molecule has 7 heteroatoms. The van der Waals surface area contributed by atoms with Gasteiger partial charge in [0.05, 0.1) is 0 Å². The van der Waals surface area contributed by atoms with Gasteiger partial charge in [0.1, 0.15) is 5.82 Å². The van der Waals surface area contributed by atoms with Gasteiger partial charge in [-0.1, -0.05) is 0 Å². The number of nitrogens with zero attached hydrogens (tertiary/aromatic N) is 6. The zero-order valence-corrected chi connectivity index (χ0v) is 15.9. The molecule has 1 aromatic rings. The number of amides is 2. The van der Waals surface area contributed by atoms with Gasteiger partial charge in [-0.2, -0.15) is 4.98 Å². The van der Waals surface area contributed by atoms with Crippen LogP contribution in [0.5, 0.6) is 0 Å². The maximum Gasteiger partial charge on any atom is 0.326 e. The highest BCUT2D eigenvalue weighted by Gasteiger charge is 2.30. The number of carbonyl (C=O) groups is 1. The van der Waals surface area contributed by atoms with Crippen LogP contribution in [0, 0.1) is 6.92 Å². The van der Waals surface area contributed by atoms with Gasteiger partial charge in [0.15, 0.2) is 0 Å². The first kappa shape index (κ1) is 19.2. The van der Waals surface area contributed by atoms with Crippen LogP contribution in [0.2, 0.25) is 0 Å². The first-order chi connectivity index (χ1) is 10.5. The van der Waals surface area contributed by atoms with Crippen LogP contribution < -0.4 is 9.80 Å². The van der Waals surface area contributed by atoms with E-state index in [2.05, 4.69) is 28.7 Å². The molecule has 130 valence electrons. The summed E-state index contributed by atoms with van der Waals surface area (Å²) >= 11 is 0. The summed E-state index contributed by atoms with van der Waals surface area (Å²) in [5, 5.41) is 0. The normalized spacial score (nSPS) is 11.6. The third-order valence-corrected chi connectivity index (χ3v) is 3.90. The molecule has 7 nitrogen and oxygen atoms in total. The van der Waals surface area contributed by atoms with Gasteiger partial charge < -0.3 is 14.7 Å². The molecule has 0 bridgehead atoms. The van der Waals surface area contributed by atoms with E-state index in [4.69, 9.17) is 0 Å². The monoisotopic (exact) mass is 322 g/mol. The van der Waals surface area contributed by atoms with Gasteiger partial charge in [-0.25, -0.2) is 9.78 Å². The topological polar surface area (TPSA) is 55.8 Å². The van der Waals surface area contributed by atoms with Crippen LogP contribution in [0.1, 0.15) is 19.5 Å². The van der Waals surface area contributed by atoms with Gasteiger partial charge in [-0.05, 0) is 34.9 Å². The highest BCUT2D eigenvalue weighted by molar-refractivity contribution is 5.90. The van der Waals surface area contributed by atoms with E-state index in [0.29, 0.717) is 12.5 Å². The molecule has 0 spiro atoms. The fourth-order valence-electron chi connectivity index (χ4n) is 1.88. The summed E-state index contributed by atoms with van der Waals surface area (Å²) in [5.74, 6) is 1.22. The number of aryl methyl sites for hydroxylation is 1.